The van der Waals surface area contributed by atoms with E-state index in [1.807, 2.05) is 0 Å². The summed E-state index contributed by atoms with van der Waals surface area (Å²) < 4.78 is 15.4. The highest BCUT2D eigenvalue weighted by Crippen LogP contribution is 2.36. The second-order valence-corrected chi connectivity index (χ2v) is 4.29. The molecular weight excluding hydrogens is 284 g/mol. The molecule has 0 radical (unpaired) electrons. The van der Waals surface area contributed by atoms with Gasteiger partial charge in [-0.15, -0.1) is 0 Å². The Labute approximate surface area is 120 Å². The lowest BCUT2D eigenvalue weighted by atomic mass is 10.2. The molecule has 106 valence electrons. The Morgan fingerprint density at radius 1 is 1.30 bits per heavy atom. The average Bonchev–Trinajstić information content (AvgIpc) is 2.87. The molecule has 2 rings (SSSR count). The van der Waals surface area contributed by atoms with Crippen molar-refractivity contribution in [1.82, 2.24) is 4.98 Å². The first-order chi connectivity index (χ1) is 9.55. The lowest BCUT2D eigenvalue weighted by Crippen LogP contribution is -2.12. The fraction of sp³-hybridized carbons (Fsp3) is 0.231. The molecule has 1 amide bonds. The number of aryl methyl sites for hydroxylation is 1. The van der Waals surface area contributed by atoms with E-state index < -0.39 is 5.91 Å². The van der Waals surface area contributed by atoms with Crippen molar-refractivity contribution in [1.29, 1.82) is 0 Å². The quantitative estimate of drug-likeness (QED) is 0.939. The Bertz CT molecular complexity index is 639. The van der Waals surface area contributed by atoms with Crippen LogP contribution in [0.1, 0.15) is 16.4 Å². The molecule has 7 heteroatoms. The molecule has 0 aliphatic rings. The molecule has 1 aromatic carbocycles. The summed E-state index contributed by atoms with van der Waals surface area (Å²) in [6, 6.07) is 3.13. The standard InChI is InChI=1S/C13H13ClN2O4/c1-7-15-6-12(20-7)13(17)16-9-5-10(18-2)8(14)4-11(9)19-3/h4-6H,1-3H3,(H,16,17). The van der Waals surface area contributed by atoms with Crippen molar-refractivity contribution in [3.63, 3.8) is 0 Å². The number of benzene rings is 1. The third kappa shape index (κ3) is 2.85. The van der Waals surface area contributed by atoms with Crippen LogP contribution in [0.5, 0.6) is 11.5 Å². The van der Waals surface area contributed by atoms with Gasteiger partial charge in [0.2, 0.25) is 5.76 Å². The Hall–Kier alpha value is -2.21. The van der Waals surface area contributed by atoms with E-state index in [1.54, 1.807) is 19.1 Å². The van der Waals surface area contributed by atoms with Gasteiger partial charge in [-0.2, -0.15) is 0 Å². The summed E-state index contributed by atoms with van der Waals surface area (Å²) in [5.41, 5.74) is 0.424. The normalized spacial score (nSPS) is 10.2. The Morgan fingerprint density at radius 3 is 2.55 bits per heavy atom. The van der Waals surface area contributed by atoms with Gasteiger partial charge in [0.05, 0.1) is 31.1 Å². The summed E-state index contributed by atoms with van der Waals surface area (Å²) in [7, 11) is 2.96. The van der Waals surface area contributed by atoms with Crippen LogP contribution in [0.4, 0.5) is 5.69 Å². The molecule has 0 aliphatic carbocycles. The highest BCUT2D eigenvalue weighted by molar-refractivity contribution is 6.32. The van der Waals surface area contributed by atoms with Gasteiger partial charge in [-0.25, -0.2) is 4.98 Å². The third-order valence-corrected chi connectivity index (χ3v) is 2.86. The number of ether oxygens (including phenoxy) is 2. The lowest BCUT2D eigenvalue weighted by molar-refractivity contribution is 0.0995. The van der Waals surface area contributed by atoms with E-state index in [1.165, 1.54) is 20.4 Å². The topological polar surface area (TPSA) is 73.6 Å². The maximum absolute atomic E-state index is 12.0. The molecule has 0 saturated heterocycles. The van der Waals surface area contributed by atoms with E-state index in [0.29, 0.717) is 28.1 Å². The molecular formula is C13H13ClN2O4. The van der Waals surface area contributed by atoms with Gasteiger partial charge in [-0.05, 0) is 0 Å². The highest BCUT2D eigenvalue weighted by atomic mass is 35.5. The number of hydrogen-bond donors (Lipinski definition) is 1. The minimum atomic E-state index is -0.437. The van der Waals surface area contributed by atoms with Gasteiger partial charge in [-0.1, -0.05) is 11.6 Å². The van der Waals surface area contributed by atoms with Crippen LogP contribution in [0.3, 0.4) is 0 Å². The zero-order valence-corrected chi connectivity index (χ0v) is 11.9. The zero-order chi connectivity index (χ0) is 14.7. The van der Waals surface area contributed by atoms with Crippen LogP contribution >= 0.6 is 11.6 Å². The second kappa shape index (κ2) is 5.83. The van der Waals surface area contributed by atoms with E-state index >= 15 is 0 Å². The van der Waals surface area contributed by atoms with Crippen LogP contribution in [-0.2, 0) is 0 Å². The molecule has 0 spiro atoms. The van der Waals surface area contributed by atoms with Gasteiger partial charge in [-0.3, -0.25) is 4.79 Å². The number of carbonyl (C=O) groups is 1. The van der Waals surface area contributed by atoms with Crippen molar-refractivity contribution in [2.75, 3.05) is 19.5 Å². The van der Waals surface area contributed by atoms with Crippen molar-refractivity contribution in [2.24, 2.45) is 0 Å². The fourth-order valence-electron chi connectivity index (χ4n) is 1.61. The van der Waals surface area contributed by atoms with Gasteiger partial charge < -0.3 is 19.2 Å². The molecule has 6 nitrogen and oxygen atoms in total. The molecule has 1 heterocycles. The lowest BCUT2D eigenvalue weighted by Gasteiger charge is -2.12. The van der Waals surface area contributed by atoms with Gasteiger partial charge in [0, 0.05) is 19.1 Å². The predicted molar refractivity (Wildman–Crippen MR) is 73.7 cm³/mol. The van der Waals surface area contributed by atoms with Gasteiger partial charge >= 0.3 is 0 Å². The average molecular weight is 297 g/mol. The summed E-state index contributed by atoms with van der Waals surface area (Å²) in [5, 5.41) is 3.04. The molecule has 0 fully saturated rings. The Balaban J connectivity index is 2.30. The number of carbonyl (C=O) groups excluding carboxylic acids is 1. The predicted octanol–water partition coefficient (Wildman–Crippen LogP) is 2.91. The van der Waals surface area contributed by atoms with E-state index in [-0.39, 0.29) is 5.76 Å². The van der Waals surface area contributed by atoms with Gasteiger partial charge in [0.1, 0.15) is 11.5 Å². The molecule has 20 heavy (non-hydrogen) atoms. The first-order valence-electron chi connectivity index (χ1n) is 5.70. The zero-order valence-electron chi connectivity index (χ0n) is 11.2. The first kappa shape index (κ1) is 14.2. The van der Waals surface area contributed by atoms with Crippen LogP contribution in [0.25, 0.3) is 0 Å². The number of methoxy groups -OCH3 is 2. The summed E-state index contributed by atoms with van der Waals surface area (Å²) in [4.78, 5) is 15.9. The minimum absolute atomic E-state index is 0.110. The van der Waals surface area contributed by atoms with Crippen LogP contribution in [0, 0.1) is 6.92 Å². The van der Waals surface area contributed by atoms with Crippen molar-refractivity contribution < 1.29 is 18.7 Å². The number of nitrogens with zero attached hydrogens (tertiary/aromatic N) is 1. The molecule has 0 aliphatic heterocycles. The Kier molecular flexibility index (Phi) is 4.14. The maximum atomic E-state index is 12.0. The highest BCUT2D eigenvalue weighted by Gasteiger charge is 2.16. The van der Waals surface area contributed by atoms with Crippen molar-refractivity contribution in [2.45, 2.75) is 6.92 Å². The van der Waals surface area contributed by atoms with E-state index in [0.717, 1.165) is 0 Å². The summed E-state index contributed by atoms with van der Waals surface area (Å²) >= 11 is 5.99. The molecule has 0 atom stereocenters. The maximum Gasteiger partial charge on any atom is 0.293 e. The number of rotatable bonds is 4. The number of aromatic nitrogens is 1. The summed E-state index contributed by atoms with van der Waals surface area (Å²) in [6.45, 7) is 1.66. The SMILES string of the molecule is COc1cc(NC(=O)c2cnc(C)o2)c(OC)cc1Cl. The number of anilines is 1. The molecule has 1 N–H and O–H groups in total. The van der Waals surface area contributed by atoms with Crippen molar-refractivity contribution in [3.05, 3.63) is 35.0 Å². The number of hydrogen-bond acceptors (Lipinski definition) is 5. The van der Waals surface area contributed by atoms with E-state index in [2.05, 4.69) is 10.3 Å². The minimum Gasteiger partial charge on any atom is -0.495 e. The second-order valence-electron chi connectivity index (χ2n) is 3.88. The van der Waals surface area contributed by atoms with Crippen LogP contribution in [-0.4, -0.2) is 25.1 Å². The largest absolute Gasteiger partial charge is 0.495 e. The fourth-order valence-corrected chi connectivity index (χ4v) is 1.84. The smallest absolute Gasteiger partial charge is 0.293 e. The monoisotopic (exact) mass is 296 g/mol. The van der Waals surface area contributed by atoms with Gasteiger partial charge in [0.15, 0.2) is 5.89 Å². The van der Waals surface area contributed by atoms with Crippen LogP contribution < -0.4 is 14.8 Å². The van der Waals surface area contributed by atoms with Crippen LogP contribution in [0.15, 0.2) is 22.7 Å². The number of halogens is 1. The van der Waals surface area contributed by atoms with Gasteiger partial charge in [0.25, 0.3) is 5.91 Å². The number of amides is 1. The summed E-state index contributed by atoms with van der Waals surface area (Å²) in [5.74, 6) is 0.930. The molecule has 0 unspecified atom stereocenters. The number of oxazole rings is 1. The molecule has 0 saturated carbocycles. The first-order valence-corrected chi connectivity index (χ1v) is 6.08. The molecule has 2 aromatic rings. The summed E-state index contributed by atoms with van der Waals surface area (Å²) in [6.07, 6.45) is 1.35. The third-order valence-electron chi connectivity index (χ3n) is 2.57. The molecule has 0 bridgehead atoms. The van der Waals surface area contributed by atoms with Crippen LogP contribution in [0.2, 0.25) is 5.02 Å². The van der Waals surface area contributed by atoms with E-state index in [4.69, 9.17) is 25.5 Å². The number of nitrogens with one attached hydrogen (secondary N) is 1. The van der Waals surface area contributed by atoms with Crippen molar-refractivity contribution in [3.8, 4) is 11.5 Å². The molecule has 1 aromatic heterocycles. The Morgan fingerprint density at radius 2 is 2.00 bits per heavy atom. The van der Waals surface area contributed by atoms with E-state index in [9.17, 15) is 4.79 Å². The van der Waals surface area contributed by atoms with Crippen molar-refractivity contribution >= 4 is 23.2 Å².